The minimum atomic E-state index is 0.708. The Hall–Kier alpha value is -3.52. The molecular formula is C28H27NO. The van der Waals surface area contributed by atoms with E-state index in [2.05, 4.69) is 90.2 Å². The maximum atomic E-state index is 6.06. The van der Waals surface area contributed by atoms with Gasteiger partial charge >= 0.3 is 0 Å². The molecule has 0 saturated heterocycles. The molecule has 0 atom stereocenters. The summed E-state index contributed by atoms with van der Waals surface area (Å²) in [6, 6.07) is 37.9. The second kappa shape index (κ2) is 10.3. The van der Waals surface area contributed by atoms with Crippen LogP contribution in [-0.2, 0) is 13.0 Å². The van der Waals surface area contributed by atoms with Gasteiger partial charge in [-0.3, -0.25) is 0 Å². The molecule has 0 aromatic heterocycles. The molecule has 0 aliphatic carbocycles. The topological polar surface area (TPSA) is 21.3 Å². The van der Waals surface area contributed by atoms with E-state index in [9.17, 15) is 0 Å². The van der Waals surface area contributed by atoms with Crippen LogP contribution in [0, 0.1) is 0 Å². The molecule has 1 N–H and O–H groups in total. The van der Waals surface area contributed by atoms with Crippen LogP contribution in [0.4, 0.5) is 5.69 Å². The fourth-order valence-electron chi connectivity index (χ4n) is 3.48. The van der Waals surface area contributed by atoms with Crippen LogP contribution in [0.15, 0.2) is 109 Å². The van der Waals surface area contributed by atoms with Gasteiger partial charge in [0, 0.05) is 6.54 Å². The van der Waals surface area contributed by atoms with Gasteiger partial charge in [-0.2, -0.15) is 0 Å². The molecule has 0 bridgehead atoms. The first-order chi connectivity index (χ1) is 14.9. The summed E-state index contributed by atoms with van der Waals surface area (Å²) in [5.74, 6) is 0.909. The molecule has 0 radical (unpaired) electrons. The summed E-state index contributed by atoms with van der Waals surface area (Å²) >= 11 is 0. The van der Waals surface area contributed by atoms with Gasteiger partial charge in [-0.05, 0) is 47.2 Å². The fraction of sp³-hybridized carbons (Fsp3) is 0.143. The van der Waals surface area contributed by atoms with Gasteiger partial charge in [-0.25, -0.2) is 0 Å². The van der Waals surface area contributed by atoms with Crippen molar-refractivity contribution in [2.24, 2.45) is 0 Å². The standard InChI is InChI=1S/C28H27NO/c1-3-10-23(11-4-1)12-9-21-30-28-16-8-7-15-27(28)29-22-24-17-19-26(20-18-24)25-13-5-2-6-14-25/h1-8,10-11,13-20,29H,9,12,21-22H2. The molecular weight excluding hydrogens is 366 g/mol. The molecule has 4 rings (SSSR count). The summed E-state index contributed by atoms with van der Waals surface area (Å²) < 4.78 is 6.06. The summed E-state index contributed by atoms with van der Waals surface area (Å²) in [5.41, 5.74) is 6.11. The number of hydrogen-bond acceptors (Lipinski definition) is 2. The molecule has 30 heavy (non-hydrogen) atoms. The van der Waals surface area contributed by atoms with E-state index in [1.807, 2.05) is 24.3 Å². The highest BCUT2D eigenvalue weighted by atomic mass is 16.5. The van der Waals surface area contributed by atoms with Crippen molar-refractivity contribution in [1.29, 1.82) is 0 Å². The Morgan fingerprint density at radius 2 is 1.20 bits per heavy atom. The van der Waals surface area contributed by atoms with Crippen molar-refractivity contribution >= 4 is 5.69 Å². The van der Waals surface area contributed by atoms with Gasteiger partial charge < -0.3 is 10.1 Å². The van der Waals surface area contributed by atoms with Gasteiger partial charge in [0.25, 0.3) is 0 Å². The highest BCUT2D eigenvalue weighted by Gasteiger charge is 2.04. The Labute approximate surface area is 179 Å². The number of benzene rings is 4. The quantitative estimate of drug-likeness (QED) is 0.310. The fourth-order valence-corrected chi connectivity index (χ4v) is 3.48. The van der Waals surface area contributed by atoms with E-state index in [4.69, 9.17) is 4.74 Å². The normalized spacial score (nSPS) is 10.5. The zero-order chi connectivity index (χ0) is 20.4. The molecule has 0 aliphatic heterocycles. The average molecular weight is 394 g/mol. The molecule has 2 nitrogen and oxygen atoms in total. The van der Waals surface area contributed by atoms with Gasteiger partial charge in [0.2, 0.25) is 0 Å². The van der Waals surface area contributed by atoms with Crippen molar-refractivity contribution in [3.05, 3.63) is 120 Å². The smallest absolute Gasteiger partial charge is 0.142 e. The Kier molecular flexibility index (Phi) is 6.80. The van der Waals surface area contributed by atoms with Crippen molar-refractivity contribution in [2.45, 2.75) is 19.4 Å². The predicted octanol–water partition coefficient (Wildman–Crippen LogP) is 6.98. The van der Waals surface area contributed by atoms with E-state index in [-0.39, 0.29) is 0 Å². The molecule has 0 fully saturated rings. The third-order valence-electron chi connectivity index (χ3n) is 5.14. The predicted molar refractivity (Wildman–Crippen MR) is 126 cm³/mol. The number of para-hydroxylation sites is 2. The van der Waals surface area contributed by atoms with Crippen LogP contribution >= 0.6 is 0 Å². The van der Waals surface area contributed by atoms with Crippen molar-refractivity contribution in [2.75, 3.05) is 11.9 Å². The van der Waals surface area contributed by atoms with Crippen LogP contribution in [0.25, 0.3) is 11.1 Å². The largest absolute Gasteiger partial charge is 0.491 e. The number of aryl methyl sites for hydroxylation is 1. The lowest BCUT2D eigenvalue weighted by atomic mass is 10.0. The molecule has 0 saturated carbocycles. The number of rotatable bonds is 9. The number of nitrogens with one attached hydrogen (secondary N) is 1. The SMILES string of the molecule is c1ccc(CCCOc2ccccc2NCc2ccc(-c3ccccc3)cc2)cc1. The minimum absolute atomic E-state index is 0.708. The van der Waals surface area contributed by atoms with E-state index in [0.717, 1.165) is 30.8 Å². The van der Waals surface area contributed by atoms with E-state index in [0.29, 0.717) is 6.61 Å². The highest BCUT2D eigenvalue weighted by Crippen LogP contribution is 2.25. The lowest BCUT2D eigenvalue weighted by Crippen LogP contribution is -2.04. The molecule has 4 aromatic rings. The molecule has 2 heteroatoms. The number of anilines is 1. The lowest BCUT2D eigenvalue weighted by molar-refractivity contribution is 0.312. The third kappa shape index (κ3) is 5.51. The first kappa shape index (κ1) is 19.8. The molecule has 0 amide bonds. The highest BCUT2D eigenvalue weighted by molar-refractivity contribution is 5.63. The first-order valence-corrected chi connectivity index (χ1v) is 10.5. The minimum Gasteiger partial charge on any atom is -0.491 e. The lowest BCUT2D eigenvalue weighted by Gasteiger charge is -2.13. The van der Waals surface area contributed by atoms with Crippen molar-refractivity contribution in [1.82, 2.24) is 0 Å². The Morgan fingerprint density at radius 1 is 0.567 bits per heavy atom. The third-order valence-corrected chi connectivity index (χ3v) is 5.14. The zero-order valence-electron chi connectivity index (χ0n) is 17.1. The summed E-state index contributed by atoms with van der Waals surface area (Å²) in [4.78, 5) is 0. The van der Waals surface area contributed by atoms with Crippen LogP contribution in [0.2, 0.25) is 0 Å². The molecule has 4 aromatic carbocycles. The van der Waals surface area contributed by atoms with Crippen LogP contribution in [0.1, 0.15) is 17.5 Å². The van der Waals surface area contributed by atoms with Crippen LogP contribution in [0.3, 0.4) is 0 Å². The van der Waals surface area contributed by atoms with E-state index in [1.165, 1.54) is 22.3 Å². The van der Waals surface area contributed by atoms with Crippen LogP contribution in [0.5, 0.6) is 5.75 Å². The van der Waals surface area contributed by atoms with E-state index >= 15 is 0 Å². The maximum Gasteiger partial charge on any atom is 0.142 e. The van der Waals surface area contributed by atoms with Crippen molar-refractivity contribution in [3.8, 4) is 16.9 Å². The van der Waals surface area contributed by atoms with Gasteiger partial charge in [0.1, 0.15) is 5.75 Å². The Morgan fingerprint density at radius 3 is 1.97 bits per heavy atom. The molecule has 150 valence electrons. The second-order valence-corrected chi connectivity index (χ2v) is 7.35. The van der Waals surface area contributed by atoms with E-state index in [1.54, 1.807) is 0 Å². The van der Waals surface area contributed by atoms with Crippen LogP contribution in [-0.4, -0.2) is 6.61 Å². The van der Waals surface area contributed by atoms with Crippen molar-refractivity contribution < 1.29 is 4.74 Å². The van der Waals surface area contributed by atoms with Gasteiger partial charge in [0.15, 0.2) is 0 Å². The maximum absolute atomic E-state index is 6.06. The van der Waals surface area contributed by atoms with Crippen LogP contribution < -0.4 is 10.1 Å². The monoisotopic (exact) mass is 393 g/mol. The first-order valence-electron chi connectivity index (χ1n) is 10.5. The van der Waals surface area contributed by atoms with Crippen molar-refractivity contribution in [3.63, 3.8) is 0 Å². The zero-order valence-corrected chi connectivity index (χ0v) is 17.1. The molecule has 0 spiro atoms. The summed E-state index contributed by atoms with van der Waals surface area (Å²) in [7, 11) is 0. The summed E-state index contributed by atoms with van der Waals surface area (Å²) in [5, 5.41) is 3.52. The van der Waals surface area contributed by atoms with E-state index < -0.39 is 0 Å². The summed E-state index contributed by atoms with van der Waals surface area (Å²) in [6.07, 6.45) is 2.03. The van der Waals surface area contributed by atoms with Gasteiger partial charge in [-0.1, -0.05) is 97.1 Å². The Balaban J connectivity index is 1.30. The second-order valence-electron chi connectivity index (χ2n) is 7.35. The average Bonchev–Trinajstić information content (AvgIpc) is 2.83. The molecule has 0 aliphatic rings. The van der Waals surface area contributed by atoms with Gasteiger partial charge in [0.05, 0.1) is 12.3 Å². The Bertz CT molecular complexity index is 1030. The molecule has 0 heterocycles. The molecule has 0 unspecified atom stereocenters. The number of ether oxygens (including phenoxy) is 1. The summed E-state index contributed by atoms with van der Waals surface area (Å²) in [6.45, 7) is 1.47. The van der Waals surface area contributed by atoms with Gasteiger partial charge in [-0.15, -0.1) is 0 Å². The number of hydrogen-bond donors (Lipinski definition) is 1.